The van der Waals surface area contributed by atoms with E-state index in [1.165, 1.54) is 32.7 Å². The van der Waals surface area contributed by atoms with Crippen molar-refractivity contribution in [3.63, 3.8) is 0 Å². The van der Waals surface area contributed by atoms with Gasteiger partial charge < -0.3 is 24.3 Å². The molecular weight excluding hydrogens is 346 g/mol. The van der Waals surface area contributed by atoms with Gasteiger partial charge in [0.25, 0.3) is 5.91 Å². The molecule has 0 aliphatic heterocycles. The number of carbonyl (C=O) groups excluding carboxylic acids is 2. The first-order chi connectivity index (χ1) is 12.1. The largest absolute Gasteiger partial charge is 0.493 e. The number of rotatable bonds is 8. The van der Waals surface area contributed by atoms with Crippen LogP contribution < -0.4 is 19.5 Å². The summed E-state index contributed by atoms with van der Waals surface area (Å²) in [5.74, 6) is 0.315. The number of methoxy groups -OCH3 is 3. The molecule has 0 spiro atoms. The van der Waals surface area contributed by atoms with Gasteiger partial charge in [0.1, 0.15) is 0 Å². The van der Waals surface area contributed by atoms with E-state index in [-0.39, 0.29) is 13.0 Å². The molecule has 1 aromatic heterocycles. The van der Waals surface area contributed by atoms with Crippen LogP contribution >= 0.6 is 11.3 Å². The molecule has 0 unspecified atom stereocenters. The molecule has 1 heterocycles. The minimum atomic E-state index is -0.465. The average Bonchev–Trinajstić information content (AvgIpc) is 3.11. The van der Waals surface area contributed by atoms with Crippen LogP contribution in [0.1, 0.15) is 5.56 Å². The normalized spacial score (nSPS) is 10.0. The van der Waals surface area contributed by atoms with E-state index in [0.717, 1.165) is 5.56 Å². The summed E-state index contributed by atoms with van der Waals surface area (Å²) in [6.45, 7) is -0.375. The van der Waals surface area contributed by atoms with Crippen molar-refractivity contribution in [3.8, 4) is 17.2 Å². The Morgan fingerprint density at radius 2 is 1.76 bits per heavy atom. The lowest BCUT2D eigenvalue weighted by Gasteiger charge is -2.14. The summed E-state index contributed by atoms with van der Waals surface area (Å²) in [6, 6.07) is 5.01. The highest BCUT2D eigenvalue weighted by Crippen LogP contribution is 2.39. The van der Waals surface area contributed by atoms with Crippen LogP contribution in [0.2, 0.25) is 0 Å². The molecule has 1 aromatic carbocycles. The molecule has 0 saturated carbocycles. The molecule has 0 aliphatic carbocycles. The minimum Gasteiger partial charge on any atom is -0.493 e. The van der Waals surface area contributed by atoms with Gasteiger partial charge in [-0.2, -0.15) is 11.3 Å². The Bertz CT molecular complexity index is 704. The van der Waals surface area contributed by atoms with Crippen molar-refractivity contribution in [2.45, 2.75) is 6.42 Å². The maximum atomic E-state index is 12.0. The van der Waals surface area contributed by atoms with Crippen LogP contribution in [0.25, 0.3) is 0 Å². The van der Waals surface area contributed by atoms with Gasteiger partial charge in [-0.15, -0.1) is 0 Å². The number of esters is 1. The second-order valence-electron chi connectivity index (χ2n) is 4.93. The molecular formula is C17H19NO6S. The fraction of sp³-hybridized carbons (Fsp3) is 0.294. The zero-order valence-corrected chi connectivity index (χ0v) is 15.0. The Hall–Kier alpha value is -2.74. The monoisotopic (exact) mass is 365 g/mol. The lowest BCUT2D eigenvalue weighted by molar-refractivity contribution is -0.146. The molecule has 0 saturated heterocycles. The van der Waals surface area contributed by atoms with E-state index < -0.39 is 11.9 Å². The Labute approximate surface area is 149 Å². The van der Waals surface area contributed by atoms with Crippen molar-refractivity contribution >= 4 is 28.9 Å². The molecule has 1 N–H and O–H groups in total. The summed E-state index contributed by atoms with van der Waals surface area (Å²) >= 11 is 1.50. The Morgan fingerprint density at radius 1 is 1.08 bits per heavy atom. The number of benzene rings is 1. The van der Waals surface area contributed by atoms with Gasteiger partial charge in [0, 0.05) is 17.8 Å². The van der Waals surface area contributed by atoms with E-state index in [1.54, 1.807) is 12.1 Å². The smallest absolute Gasteiger partial charge is 0.310 e. The molecule has 0 atom stereocenters. The topological polar surface area (TPSA) is 83.1 Å². The van der Waals surface area contributed by atoms with E-state index in [1.807, 2.05) is 16.8 Å². The quantitative estimate of drug-likeness (QED) is 0.724. The van der Waals surface area contributed by atoms with Gasteiger partial charge in [-0.1, -0.05) is 0 Å². The van der Waals surface area contributed by atoms with Gasteiger partial charge in [0.2, 0.25) is 5.75 Å². The maximum Gasteiger partial charge on any atom is 0.310 e. The summed E-state index contributed by atoms with van der Waals surface area (Å²) in [5.41, 5.74) is 1.30. The highest BCUT2D eigenvalue weighted by Gasteiger charge is 2.15. The van der Waals surface area contributed by atoms with Crippen molar-refractivity contribution < 1.29 is 28.5 Å². The van der Waals surface area contributed by atoms with Crippen molar-refractivity contribution in [3.05, 3.63) is 34.5 Å². The fourth-order valence-electron chi connectivity index (χ4n) is 2.11. The maximum absolute atomic E-state index is 12.0. The molecule has 7 nitrogen and oxygen atoms in total. The number of carbonyl (C=O) groups is 2. The molecule has 134 valence electrons. The molecule has 0 bridgehead atoms. The van der Waals surface area contributed by atoms with Crippen molar-refractivity contribution in [2.75, 3.05) is 33.3 Å². The standard InChI is InChI=1S/C17H19NO6S/c1-21-13-7-12(8-14(22-2)17(13)23-3)18-15(19)9-24-16(20)6-11-4-5-25-10-11/h4-5,7-8,10H,6,9H2,1-3H3,(H,18,19). The number of anilines is 1. The van der Waals surface area contributed by atoms with Gasteiger partial charge >= 0.3 is 5.97 Å². The van der Waals surface area contributed by atoms with Gasteiger partial charge in [0.05, 0.1) is 27.8 Å². The summed E-state index contributed by atoms with van der Waals surface area (Å²) < 4.78 is 20.6. The number of amides is 1. The second-order valence-corrected chi connectivity index (χ2v) is 5.71. The lowest BCUT2D eigenvalue weighted by Crippen LogP contribution is -2.21. The predicted octanol–water partition coefficient (Wildman–Crippen LogP) is 2.50. The third kappa shape index (κ3) is 5.12. The van der Waals surface area contributed by atoms with Crippen LogP contribution in [0.3, 0.4) is 0 Å². The molecule has 0 aliphatic rings. The zero-order chi connectivity index (χ0) is 18.2. The van der Waals surface area contributed by atoms with E-state index >= 15 is 0 Å². The molecule has 0 fully saturated rings. The number of thiophene rings is 1. The van der Waals surface area contributed by atoms with Gasteiger partial charge in [0.15, 0.2) is 18.1 Å². The number of nitrogens with one attached hydrogen (secondary N) is 1. The average molecular weight is 365 g/mol. The minimum absolute atomic E-state index is 0.140. The molecule has 8 heteroatoms. The third-order valence-electron chi connectivity index (χ3n) is 3.24. The summed E-state index contributed by atoms with van der Waals surface area (Å²) in [5, 5.41) is 6.36. The summed E-state index contributed by atoms with van der Waals surface area (Å²) in [6.07, 6.45) is 0.140. The van der Waals surface area contributed by atoms with Gasteiger partial charge in [-0.05, 0) is 22.4 Å². The van der Waals surface area contributed by atoms with Gasteiger partial charge in [-0.25, -0.2) is 0 Å². The lowest BCUT2D eigenvalue weighted by atomic mass is 10.2. The third-order valence-corrected chi connectivity index (χ3v) is 3.97. The fourth-order valence-corrected chi connectivity index (χ4v) is 2.78. The van der Waals surface area contributed by atoms with Crippen LogP contribution in [-0.4, -0.2) is 39.8 Å². The van der Waals surface area contributed by atoms with Crippen LogP contribution in [0.5, 0.6) is 17.2 Å². The molecule has 1 amide bonds. The first-order valence-corrected chi connectivity index (χ1v) is 8.28. The highest BCUT2D eigenvalue weighted by molar-refractivity contribution is 7.07. The SMILES string of the molecule is COc1cc(NC(=O)COC(=O)Cc2ccsc2)cc(OC)c1OC. The molecule has 2 rings (SSSR count). The van der Waals surface area contributed by atoms with Crippen molar-refractivity contribution in [2.24, 2.45) is 0 Å². The second kappa shape index (κ2) is 8.93. The van der Waals surface area contributed by atoms with Crippen molar-refractivity contribution in [1.82, 2.24) is 0 Å². The zero-order valence-electron chi connectivity index (χ0n) is 14.2. The number of hydrogen-bond acceptors (Lipinski definition) is 7. The summed E-state index contributed by atoms with van der Waals surface area (Å²) in [7, 11) is 4.45. The predicted molar refractivity (Wildman–Crippen MR) is 93.7 cm³/mol. The Balaban J connectivity index is 1.94. The highest BCUT2D eigenvalue weighted by atomic mass is 32.1. The van der Waals surface area contributed by atoms with E-state index in [9.17, 15) is 9.59 Å². The first kappa shape index (κ1) is 18.6. The summed E-state index contributed by atoms with van der Waals surface area (Å²) in [4.78, 5) is 23.7. The molecule has 2 aromatic rings. The Morgan fingerprint density at radius 3 is 2.28 bits per heavy atom. The Kier molecular flexibility index (Phi) is 6.64. The number of ether oxygens (including phenoxy) is 4. The number of hydrogen-bond donors (Lipinski definition) is 1. The van der Waals surface area contributed by atoms with Gasteiger partial charge in [-0.3, -0.25) is 9.59 Å². The van der Waals surface area contributed by atoms with Crippen LogP contribution in [-0.2, 0) is 20.7 Å². The van der Waals surface area contributed by atoms with Crippen LogP contribution in [0.15, 0.2) is 29.0 Å². The van der Waals surface area contributed by atoms with E-state index in [2.05, 4.69) is 5.32 Å². The molecule has 25 heavy (non-hydrogen) atoms. The first-order valence-electron chi connectivity index (χ1n) is 7.34. The van der Waals surface area contributed by atoms with Crippen LogP contribution in [0, 0.1) is 0 Å². The van der Waals surface area contributed by atoms with E-state index in [4.69, 9.17) is 18.9 Å². The van der Waals surface area contributed by atoms with E-state index in [0.29, 0.717) is 22.9 Å². The molecule has 0 radical (unpaired) electrons. The van der Waals surface area contributed by atoms with Crippen LogP contribution in [0.4, 0.5) is 5.69 Å². The van der Waals surface area contributed by atoms with Crippen molar-refractivity contribution in [1.29, 1.82) is 0 Å².